The highest BCUT2D eigenvalue weighted by Crippen LogP contribution is 2.30. The molecule has 0 spiro atoms. The van der Waals surface area contributed by atoms with Crippen LogP contribution in [0.4, 0.5) is 21.6 Å². The fourth-order valence-corrected chi connectivity index (χ4v) is 5.12. The zero-order valence-corrected chi connectivity index (χ0v) is 22.4. The molecular formula is C31H30FN7O. The Morgan fingerprint density at radius 2 is 1.80 bits per heavy atom. The number of aromatic nitrogens is 3. The van der Waals surface area contributed by atoms with Gasteiger partial charge in [0.05, 0.1) is 51.4 Å². The van der Waals surface area contributed by atoms with Gasteiger partial charge in [0.15, 0.2) is 0 Å². The lowest BCUT2D eigenvalue weighted by Crippen LogP contribution is -2.33. The van der Waals surface area contributed by atoms with E-state index in [-0.39, 0.29) is 17.8 Å². The molecule has 1 aliphatic carbocycles. The van der Waals surface area contributed by atoms with Crippen LogP contribution in [0.3, 0.4) is 0 Å². The number of benzene rings is 3. The molecule has 3 aliphatic rings. The SMILES string of the molecule is CC(=O)Nc1ccc(Nc2cc3nc4ccccc4n(-c4ccc(F)cc4)c-3cc2=NC2CCN(C)CC2)cn1. The average molecular weight is 536 g/mol. The van der Waals surface area contributed by atoms with Gasteiger partial charge in [-0.05, 0) is 93.6 Å². The summed E-state index contributed by atoms with van der Waals surface area (Å²) in [6, 6.07) is 22.3. The van der Waals surface area contributed by atoms with E-state index in [4.69, 9.17) is 9.98 Å². The second-order valence-electron chi connectivity index (χ2n) is 10.2. The summed E-state index contributed by atoms with van der Waals surface area (Å²) in [5.41, 5.74) is 5.82. The molecule has 3 aromatic rings. The third-order valence-corrected chi connectivity index (χ3v) is 7.14. The van der Waals surface area contributed by atoms with E-state index in [1.165, 1.54) is 19.1 Å². The fraction of sp³-hybridized carbons (Fsp3) is 0.226. The van der Waals surface area contributed by atoms with Crippen molar-refractivity contribution in [3.05, 3.63) is 90.2 Å². The van der Waals surface area contributed by atoms with Crippen LogP contribution in [0.2, 0.25) is 0 Å². The van der Waals surface area contributed by atoms with E-state index in [0.29, 0.717) is 5.82 Å². The number of para-hydroxylation sites is 2. The van der Waals surface area contributed by atoms with Crippen molar-refractivity contribution in [2.24, 2.45) is 4.99 Å². The summed E-state index contributed by atoms with van der Waals surface area (Å²) in [7, 11) is 2.14. The Bertz CT molecular complexity index is 1710. The van der Waals surface area contributed by atoms with Crippen LogP contribution in [0.25, 0.3) is 28.1 Å². The van der Waals surface area contributed by atoms with Gasteiger partial charge in [-0.15, -0.1) is 0 Å². The number of anilines is 3. The molecule has 0 saturated carbocycles. The Balaban J connectivity index is 1.53. The molecule has 0 radical (unpaired) electrons. The topological polar surface area (TPSA) is 87.4 Å². The number of carbonyl (C=O) groups excluding carboxylic acids is 1. The monoisotopic (exact) mass is 535 g/mol. The van der Waals surface area contributed by atoms with Crippen LogP contribution in [-0.2, 0) is 4.79 Å². The molecule has 3 heterocycles. The Kier molecular flexibility index (Phi) is 6.96. The van der Waals surface area contributed by atoms with E-state index in [0.717, 1.165) is 70.8 Å². The fourth-order valence-electron chi connectivity index (χ4n) is 5.12. The van der Waals surface area contributed by atoms with E-state index in [1.54, 1.807) is 24.4 Å². The first-order valence-corrected chi connectivity index (χ1v) is 13.4. The number of pyridine rings is 1. The van der Waals surface area contributed by atoms with Gasteiger partial charge in [0.2, 0.25) is 5.91 Å². The predicted octanol–water partition coefficient (Wildman–Crippen LogP) is 5.36. The number of halogens is 1. The van der Waals surface area contributed by atoms with E-state index < -0.39 is 0 Å². The molecule has 1 fully saturated rings. The lowest BCUT2D eigenvalue weighted by atomic mass is 10.1. The summed E-state index contributed by atoms with van der Waals surface area (Å²) >= 11 is 0. The smallest absolute Gasteiger partial charge is 0.222 e. The molecule has 0 unspecified atom stereocenters. The van der Waals surface area contributed by atoms with Crippen molar-refractivity contribution in [3.63, 3.8) is 0 Å². The van der Waals surface area contributed by atoms with Gasteiger partial charge in [0.25, 0.3) is 0 Å². The Morgan fingerprint density at radius 1 is 1.02 bits per heavy atom. The summed E-state index contributed by atoms with van der Waals surface area (Å²) < 4.78 is 16.0. The minimum absolute atomic E-state index is 0.172. The molecule has 202 valence electrons. The molecule has 2 aromatic carbocycles. The number of likely N-dealkylation sites (tertiary alicyclic amines) is 1. The van der Waals surface area contributed by atoms with E-state index in [9.17, 15) is 9.18 Å². The zero-order valence-electron chi connectivity index (χ0n) is 22.4. The lowest BCUT2D eigenvalue weighted by molar-refractivity contribution is -0.114. The molecule has 40 heavy (non-hydrogen) atoms. The maximum Gasteiger partial charge on any atom is 0.222 e. The van der Waals surface area contributed by atoms with Crippen molar-refractivity contribution < 1.29 is 9.18 Å². The van der Waals surface area contributed by atoms with Gasteiger partial charge < -0.3 is 20.1 Å². The van der Waals surface area contributed by atoms with Crippen LogP contribution in [-0.4, -0.2) is 51.5 Å². The quantitative estimate of drug-likeness (QED) is 0.296. The molecule has 1 amide bonds. The minimum Gasteiger partial charge on any atom is -0.352 e. The van der Waals surface area contributed by atoms with Gasteiger partial charge in [-0.3, -0.25) is 9.79 Å². The van der Waals surface area contributed by atoms with Gasteiger partial charge in [-0.2, -0.15) is 0 Å². The highest BCUT2D eigenvalue weighted by Gasteiger charge is 2.19. The first kappa shape index (κ1) is 25.6. The summed E-state index contributed by atoms with van der Waals surface area (Å²) in [4.78, 5) is 28.3. The third kappa shape index (κ3) is 5.41. The van der Waals surface area contributed by atoms with Crippen molar-refractivity contribution in [1.29, 1.82) is 0 Å². The number of hydrogen-bond donors (Lipinski definition) is 2. The molecular weight excluding hydrogens is 505 g/mol. The van der Waals surface area contributed by atoms with Gasteiger partial charge in [0.1, 0.15) is 11.6 Å². The Morgan fingerprint density at radius 3 is 2.52 bits per heavy atom. The first-order chi connectivity index (χ1) is 19.4. The van der Waals surface area contributed by atoms with E-state index in [2.05, 4.69) is 38.2 Å². The lowest BCUT2D eigenvalue weighted by Gasteiger charge is -2.26. The molecule has 6 rings (SSSR count). The Hall–Kier alpha value is -4.63. The summed E-state index contributed by atoms with van der Waals surface area (Å²) in [5, 5.41) is 7.00. The third-order valence-electron chi connectivity index (χ3n) is 7.14. The highest BCUT2D eigenvalue weighted by atomic mass is 19.1. The first-order valence-electron chi connectivity index (χ1n) is 13.4. The van der Waals surface area contributed by atoms with Crippen LogP contribution in [0.15, 0.2) is 84.0 Å². The molecule has 1 aromatic heterocycles. The van der Waals surface area contributed by atoms with Crippen molar-refractivity contribution in [2.45, 2.75) is 25.8 Å². The van der Waals surface area contributed by atoms with Crippen molar-refractivity contribution in [3.8, 4) is 17.1 Å². The molecule has 9 heteroatoms. The van der Waals surface area contributed by atoms with Crippen LogP contribution in [0.1, 0.15) is 19.8 Å². The van der Waals surface area contributed by atoms with Gasteiger partial charge >= 0.3 is 0 Å². The number of nitrogens with one attached hydrogen (secondary N) is 2. The number of carbonyl (C=O) groups is 1. The van der Waals surface area contributed by atoms with Crippen molar-refractivity contribution >= 4 is 34.1 Å². The normalized spacial score (nSPS) is 15.0. The van der Waals surface area contributed by atoms with Crippen LogP contribution >= 0.6 is 0 Å². The average Bonchev–Trinajstić information content (AvgIpc) is 2.95. The standard InChI is InChI=1S/C31H30FN7O/c1-20(40)34-31-12-9-23(19-33-31)36-26-17-28-30(18-27(26)35-22-13-15-38(2)16-14-22)39(24-10-7-21(32)8-11-24)29-6-4-3-5-25(29)37-28/h3-12,17-19,22,36H,13-16H2,1-2H3,(H,33,34,40). The number of nitrogens with zero attached hydrogens (tertiary/aromatic N) is 5. The van der Waals surface area contributed by atoms with Crippen molar-refractivity contribution in [1.82, 2.24) is 19.4 Å². The van der Waals surface area contributed by atoms with Crippen LogP contribution in [0.5, 0.6) is 0 Å². The molecule has 1 saturated heterocycles. The number of fused-ring (bicyclic) bond motifs is 2. The zero-order chi connectivity index (χ0) is 27.6. The maximum atomic E-state index is 13.9. The minimum atomic E-state index is -0.283. The van der Waals surface area contributed by atoms with Crippen molar-refractivity contribution in [2.75, 3.05) is 30.8 Å². The van der Waals surface area contributed by atoms with Crippen LogP contribution < -0.4 is 16.0 Å². The van der Waals surface area contributed by atoms with Gasteiger partial charge in [-0.25, -0.2) is 14.4 Å². The second kappa shape index (κ2) is 10.9. The number of piperidine rings is 1. The van der Waals surface area contributed by atoms with E-state index >= 15 is 0 Å². The summed E-state index contributed by atoms with van der Waals surface area (Å²) in [5.74, 6) is 0.0329. The molecule has 0 atom stereocenters. The summed E-state index contributed by atoms with van der Waals surface area (Å²) in [6.07, 6.45) is 3.64. The molecule has 2 N–H and O–H groups in total. The number of amides is 1. The second-order valence-corrected chi connectivity index (χ2v) is 10.2. The Labute approximate surface area is 231 Å². The molecule has 2 aliphatic heterocycles. The number of rotatable bonds is 5. The molecule has 0 bridgehead atoms. The summed E-state index contributed by atoms with van der Waals surface area (Å²) in [6.45, 7) is 3.45. The van der Waals surface area contributed by atoms with Crippen LogP contribution in [0, 0.1) is 5.82 Å². The number of hydrogen-bond acceptors (Lipinski definition) is 6. The van der Waals surface area contributed by atoms with Gasteiger partial charge in [-0.1, -0.05) is 12.1 Å². The largest absolute Gasteiger partial charge is 0.352 e. The maximum absolute atomic E-state index is 13.9. The van der Waals surface area contributed by atoms with Gasteiger partial charge in [0, 0.05) is 12.6 Å². The van der Waals surface area contributed by atoms with E-state index in [1.807, 2.05) is 36.4 Å². The molecule has 8 nitrogen and oxygen atoms in total. The highest BCUT2D eigenvalue weighted by molar-refractivity contribution is 5.88. The predicted molar refractivity (Wildman–Crippen MR) is 156 cm³/mol.